The van der Waals surface area contributed by atoms with Crippen molar-refractivity contribution in [2.45, 2.75) is 44.2 Å². The van der Waals surface area contributed by atoms with Crippen molar-refractivity contribution in [3.8, 4) is 0 Å². The molecular formula is C17H20N6O2. The van der Waals surface area contributed by atoms with Gasteiger partial charge in [-0.25, -0.2) is 9.67 Å². The van der Waals surface area contributed by atoms with Crippen molar-refractivity contribution in [2.24, 2.45) is 0 Å². The van der Waals surface area contributed by atoms with Gasteiger partial charge in [0.2, 0.25) is 0 Å². The van der Waals surface area contributed by atoms with Crippen molar-refractivity contribution in [3.63, 3.8) is 0 Å². The van der Waals surface area contributed by atoms with Crippen molar-refractivity contribution in [1.82, 2.24) is 29.8 Å². The Morgan fingerprint density at radius 1 is 1.24 bits per heavy atom. The molecule has 1 saturated carbocycles. The van der Waals surface area contributed by atoms with Gasteiger partial charge in [-0.2, -0.15) is 5.10 Å². The van der Waals surface area contributed by atoms with Crippen LogP contribution in [0.25, 0.3) is 11.0 Å². The summed E-state index contributed by atoms with van der Waals surface area (Å²) < 4.78 is 8.66. The molecule has 5 rings (SSSR count). The Bertz CT molecular complexity index is 961. The molecule has 0 aromatic carbocycles. The maximum atomic E-state index is 12.9. The number of fused-ring (bicyclic) bond motifs is 1. The molecule has 1 N–H and O–H groups in total. The highest BCUT2D eigenvalue weighted by Gasteiger charge is 2.29. The molecule has 4 heterocycles. The summed E-state index contributed by atoms with van der Waals surface area (Å²) in [6.07, 6.45) is 9.22. The van der Waals surface area contributed by atoms with E-state index in [1.54, 1.807) is 23.4 Å². The Morgan fingerprint density at radius 3 is 2.88 bits per heavy atom. The molecule has 1 saturated heterocycles. The third-order valence-electron chi connectivity index (χ3n) is 5.21. The van der Waals surface area contributed by atoms with E-state index in [0.29, 0.717) is 29.5 Å². The van der Waals surface area contributed by atoms with Gasteiger partial charge in [0.25, 0.3) is 5.56 Å². The number of nitrogens with one attached hydrogen (secondary N) is 1. The zero-order valence-electron chi connectivity index (χ0n) is 13.9. The molecule has 0 spiro atoms. The highest BCUT2D eigenvalue weighted by atomic mass is 16.5. The average molecular weight is 340 g/mol. The predicted molar refractivity (Wildman–Crippen MR) is 90.5 cm³/mol. The molecule has 130 valence electrons. The maximum absolute atomic E-state index is 12.9. The number of rotatable bonds is 4. The number of hydrogen-bond acceptors (Lipinski definition) is 6. The van der Waals surface area contributed by atoms with Gasteiger partial charge < -0.3 is 9.84 Å². The van der Waals surface area contributed by atoms with E-state index in [-0.39, 0.29) is 5.56 Å². The molecule has 2 aliphatic rings. The molecule has 3 aromatic heterocycles. The van der Waals surface area contributed by atoms with Gasteiger partial charge in [-0.05, 0) is 38.8 Å². The van der Waals surface area contributed by atoms with Crippen LogP contribution in [0.2, 0.25) is 0 Å². The molecule has 8 nitrogen and oxygen atoms in total. The molecule has 8 heteroatoms. The molecule has 2 fully saturated rings. The molecule has 25 heavy (non-hydrogen) atoms. The fraction of sp³-hybridized carbons (Fsp3) is 0.529. The monoisotopic (exact) mass is 340 g/mol. The molecule has 0 atom stereocenters. The predicted octanol–water partition coefficient (Wildman–Crippen LogP) is 1.43. The molecule has 1 aliphatic heterocycles. The Labute approximate surface area is 143 Å². The van der Waals surface area contributed by atoms with Crippen LogP contribution >= 0.6 is 0 Å². The number of hydrogen-bond donors (Lipinski definition) is 1. The molecule has 0 bridgehead atoms. The summed E-state index contributed by atoms with van der Waals surface area (Å²) in [6.45, 7) is 2.39. The van der Waals surface area contributed by atoms with Gasteiger partial charge in [-0.1, -0.05) is 5.16 Å². The van der Waals surface area contributed by atoms with Crippen LogP contribution < -0.4 is 10.9 Å². The zero-order valence-corrected chi connectivity index (χ0v) is 13.9. The smallest absolute Gasteiger partial charge is 0.264 e. The van der Waals surface area contributed by atoms with Crippen LogP contribution in [0.15, 0.2) is 28.1 Å². The Hall–Kier alpha value is -2.48. The minimum absolute atomic E-state index is 0.0619. The summed E-state index contributed by atoms with van der Waals surface area (Å²) in [6, 6.07) is 0.307. The number of aromatic nitrogens is 5. The van der Waals surface area contributed by atoms with Crippen LogP contribution in [0.5, 0.6) is 0 Å². The van der Waals surface area contributed by atoms with E-state index in [9.17, 15) is 4.79 Å². The van der Waals surface area contributed by atoms with Gasteiger partial charge >= 0.3 is 0 Å². The maximum Gasteiger partial charge on any atom is 0.264 e. The molecule has 0 unspecified atom stereocenters. The first-order valence-corrected chi connectivity index (χ1v) is 8.88. The van der Waals surface area contributed by atoms with E-state index in [4.69, 9.17) is 4.52 Å². The first kappa shape index (κ1) is 14.8. The topological polar surface area (TPSA) is 90.8 Å². The fourth-order valence-electron chi connectivity index (χ4n) is 3.66. The van der Waals surface area contributed by atoms with Gasteiger partial charge in [-0.3, -0.25) is 9.36 Å². The van der Waals surface area contributed by atoms with Crippen molar-refractivity contribution in [3.05, 3.63) is 40.4 Å². The van der Waals surface area contributed by atoms with E-state index < -0.39 is 0 Å². The summed E-state index contributed by atoms with van der Waals surface area (Å²) in [5.41, 5.74) is 2.57. The van der Waals surface area contributed by atoms with E-state index in [2.05, 4.69) is 20.6 Å². The lowest BCUT2D eigenvalue weighted by Gasteiger charge is -2.23. The lowest BCUT2D eigenvalue weighted by atomic mass is 10.1. The molecular weight excluding hydrogens is 320 g/mol. The van der Waals surface area contributed by atoms with E-state index in [1.807, 2.05) is 4.68 Å². The summed E-state index contributed by atoms with van der Waals surface area (Å²) in [5.74, 6) is 0.490. The second-order valence-corrected chi connectivity index (χ2v) is 6.98. The van der Waals surface area contributed by atoms with Crippen LogP contribution in [-0.4, -0.2) is 37.6 Å². The first-order chi connectivity index (χ1) is 12.3. The van der Waals surface area contributed by atoms with Crippen LogP contribution in [0.1, 0.15) is 48.9 Å². The normalized spacial score (nSPS) is 18.9. The Morgan fingerprint density at radius 2 is 2.08 bits per heavy atom. The second kappa shape index (κ2) is 5.80. The van der Waals surface area contributed by atoms with E-state index in [1.165, 1.54) is 0 Å². The molecule has 0 amide bonds. The largest absolute Gasteiger partial charge is 0.364 e. The Kier molecular flexibility index (Phi) is 3.44. The van der Waals surface area contributed by atoms with Crippen molar-refractivity contribution in [2.75, 3.05) is 13.1 Å². The van der Waals surface area contributed by atoms with Gasteiger partial charge in [0.15, 0.2) is 5.65 Å². The fourth-order valence-corrected chi connectivity index (χ4v) is 3.66. The van der Waals surface area contributed by atoms with Crippen LogP contribution in [0.3, 0.4) is 0 Å². The highest BCUT2D eigenvalue weighted by Crippen LogP contribution is 2.40. The van der Waals surface area contributed by atoms with Crippen molar-refractivity contribution >= 4 is 11.0 Å². The van der Waals surface area contributed by atoms with Gasteiger partial charge in [0.05, 0.1) is 24.5 Å². The van der Waals surface area contributed by atoms with E-state index in [0.717, 1.165) is 50.0 Å². The van der Waals surface area contributed by atoms with E-state index >= 15 is 0 Å². The van der Waals surface area contributed by atoms with Crippen molar-refractivity contribution < 1.29 is 4.52 Å². The lowest BCUT2D eigenvalue weighted by molar-refractivity contribution is 0.349. The summed E-state index contributed by atoms with van der Waals surface area (Å²) >= 11 is 0. The highest BCUT2D eigenvalue weighted by molar-refractivity contribution is 5.73. The van der Waals surface area contributed by atoms with Crippen LogP contribution in [0, 0.1) is 0 Å². The summed E-state index contributed by atoms with van der Waals surface area (Å²) in [5, 5.41) is 12.5. The third kappa shape index (κ3) is 2.57. The van der Waals surface area contributed by atoms with Gasteiger partial charge in [0.1, 0.15) is 18.0 Å². The second-order valence-electron chi connectivity index (χ2n) is 6.98. The SMILES string of the molecule is O=c1c2cnn(C3CCNCC3)c2ncn1Cc1conc1C1CC1. The molecule has 1 aliphatic carbocycles. The molecule has 0 radical (unpaired) electrons. The minimum Gasteiger partial charge on any atom is -0.364 e. The van der Waals surface area contributed by atoms with Crippen molar-refractivity contribution in [1.29, 1.82) is 0 Å². The number of nitrogens with zero attached hydrogens (tertiary/aromatic N) is 5. The van der Waals surface area contributed by atoms with Gasteiger partial charge in [-0.15, -0.1) is 0 Å². The first-order valence-electron chi connectivity index (χ1n) is 8.88. The summed E-state index contributed by atoms with van der Waals surface area (Å²) in [7, 11) is 0. The average Bonchev–Trinajstić information content (AvgIpc) is 3.22. The standard InChI is InChI=1S/C17H20N6O2/c24-17-14-7-20-23(13-3-5-18-6-4-13)16(14)19-10-22(17)8-12-9-25-21-15(12)11-1-2-11/h7,9-11,13,18H,1-6,8H2. The summed E-state index contributed by atoms with van der Waals surface area (Å²) in [4.78, 5) is 17.4. The Balaban J connectivity index is 1.49. The third-order valence-corrected chi connectivity index (χ3v) is 5.21. The number of piperidine rings is 1. The lowest BCUT2D eigenvalue weighted by Crippen LogP contribution is -2.30. The van der Waals surface area contributed by atoms with Crippen LogP contribution in [0.4, 0.5) is 0 Å². The van der Waals surface area contributed by atoms with Crippen LogP contribution in [-0.2, 0) is 6.54 Å². The molecule has 3 aromatic rings. The van der Waals surface area contributed by atoms with Gasteiger partial charge in [0, 0.05) is 11.5 Å². The zero-order chi connectivity index (χ0) is 16.8. The minimum atomic E-state index is -0.0619. The quantitative estimate of drug-likeness (QED) is 0.773.